The fourth-order valence-electron chi connectivity index (χ4n) is 7.23. The Balaban J connectivity index is 1.43. The number of fused-ring (bicyclic) bond motifs is 3. The predicted octanol–water partition coefficient (Wildman–Crippen LogP) is 6.09. The van der Waals surface area contributed by atoms with Gasteiger partial charge in [-0.25, -0.2) is 18.2 Å². The number of nitrogens with zero attached hydrogens (tertiary/aromatic N) is 5. The van der Waals surface area contributed by atoms with Crippen molar-refractivity contribution < 1.29 is 36.2 Å². The van der Waals surface area contributed by atoms with Crippen LogP contribution in [0.4, 0.5) is 37.3 Å². The molecule has 4 aromatic rings. The van der Waals surface area contributed by atoms with Crippen molar-refractivity contribution in [3.63, 3.8) is 0 Å². The molecule has 3 N–H and O–H groups in total. The zero-order valence-corrected chi connectivity index (χ0v) is 25.0. The Labute approximate surface area is 257 Å². The molecule has 45 heavy (non-hydrogen) atoms. The molecule has 3 aliphatic rings. The van der Waals surface area contributed by atoms with E-state index in [9.17, 15) is 27.1 Å². The average molecular weight is 653 g/mol. The number of rotatable bonds is 5. The number of β-amino-alcohol motifs (C(OH)–C–C–N with tert-alkyl or cyclic N) is 1. The number of hydrogen-bond donors (Lipinski definition) is 2. The zero-order valence-electron chi connectivity index (χ0n) is 24.2. The molecule has 0 radical (unpaired) electrons. The maximum Gasteiger partial charge on any atom is 0.417 e. The standard InChI is InChI=1S/C30H30F6N6O2S/c1-28(43)6-2-8-41(13-28)25-17-10-18(30(34,35)36)20(16-4-5-19(32)24-23(16)38-26(37)45-24)21(33)22(17)39-27(40-25)44-14-29-7-3-9-42(29)12-15(31)11-29/h4-5,10,15,43H,2-3,6-9,11-14H2,1H3,(H2,37,38)/t15-,28+,29+/m1/s1. The first kappa shape index (κ1) is 30.2. The molecule has 240 valence electrons. The Morgan fingerprint density at radius 3 is 2.64 bits per heavy atom. The number of alkyl halides is 4. The summed E-state index contributed by atoms with van der Waals surface area (Å²) in [7, 11) is 0. The molecule has 0 bridgehead atoms. The summed E-state index contributed by atoms with van der Waals surface area (Å²) >= 11 is 0.741. The highest BCUT2D eigenvalue weighted by Gasteiger charge is 2.49. The van der Waals surface area contributed by atoms with Gasteiger partial charge in [-0.3, -0.25) is 4.90 Å². The molecule has 2 aromatic carbocycles. The van der Waals surface area contributed by atoms with Crippen molar-refractivity contribution >= 4 is 43.4 Å². The Morgan fingerprint density at radius 1 is 1.11 bits per heavy atom. The van der Waals surface area contributed by atoms with Crippen molar-refractivity contribution in [3.8, 4) is 17.1 Å². The van der Waals surface area contributed by atoms with Gasteiger partial charge in [0.15, 0.2) is 10.9 Å². The van der Waals surface area contributed by atoms with E-state index in [1.807, 2.05) is 4.90 Å². The second-order valence-corrected chi connectivity index (χ2v) is 13.6. The third kappa shape index (κ3) is 5.22. The monoisotopic (exact) mass is 652 g/mol. The van der Waals surface area contributed by atoms with Crippen LogP contribution in [0.15, 0.2) is 18.2 Å². The van der Waals surface area contributed by atoms with Crippen LogP contribution in [0.5, 0.6) is 6.01 Å². The molecule has 0 saturated carbocycles. The van der Waals surface area contributed by atoms with Gasteiger partial charge in [0, 0.05) is 42.6 Å². The summed E-state index contributed by atoms with van der Waals surface area (Å²) in [5, 5.41) is 10.5. The second-order valence-electron chi connectivity index (χ2n) is 12.5. The summed E-state index contributed by atoms with van der Waals surface area (Å²) in [5.74, 6) is -2.09. The number of anilines is 2. The highest BCUT2D eigenvalue weighted by atomic mass is 32.1. The summed E-state index contributed by atoms with van der Waals surface area (Å²) in [6.07, 6.45) is -3.29. The van der Waals surface area contributed by atoms with Crippen LogP contribution in [-0.2, 0) is 6.18 Å². The second kappa shape index (κ2) is 10.6. The molecule has 0 aliphatic carbocycles. The number of nitrogens with two attached hydrogens (primary N) is 1. The van der Waals surface area contributed by atoms with Crippen LogP contribution in [0.3, 0.4) is 0 Å². The maximum absolute atomic E-state index is 16.7. The topological polar surface area (TPSA) is 101 Å². The molecule has 0 spiro atoms. The number of halogens is 6. The zero-order chi connectivity index (χ0) is 31.9. The molecule has 8 nitrogen and oxygen atoms in total. The summed E-state index contributed by atoms with van der Waals surface area (Å²) in [6.45, 7) is 2.98. The number of nitrogen functional groups attached to an aromatic ring is 1. The molecule has 3 aliphatic heterocycles. The van der Waals surface area contributed by atoms with E-state index in [2.05, 4.69) is 15.0 Å². The Hall–Kier alpha value is -3.43. The summed E-state index contributed by atoms with van der Waals surface area (Å²) in [6, 6.07) is 2.49. The van der Waals surface area contributed by atoms with Crippen molar-refractivity contribution in [1.29, 1.82) is 0 Å². The third-order valence-corrected chi connectivity index (χ3v) is 10.1. The van der Waals surface area contributed by atoms with Crippen LogP contribution in [0.25, 0.3) is 32.2 Å². The Kier molecular flexibility index (Phi) is 7.09. The van der Waals surface area contributed by atoms with Gasteiger partial charge in [-0.1, -0.05) is 11.3 Å². The molecule has 3 saturated heterocycles. The molecule has 7 rings (SSSR count). The fraction of sp³-hybridized carbons (Fsp3) is 0.500. The number of benzene rings is 2. The maximum atomic E-state index is 16.7. The van der Waals surface area contributed by atoms with Gasteiger partial charge in [0.25, 0.3) is 0 Å². The van der Waals surface area contributed by atoms with Crippen molar-refractivity contribution in [2.75, 3.05) is 43.4 Å². The van der Waals surface area contributed by atoms with Crippen LogP contribution in [0, 0.1) is 11.6 Å². The van der Waals surface area contributed by atoms with Crippen LogP contribution >= 0.6 is 11.3 Å². The van der Waals surface area contributed by atoms with Gasteiger partial charge in [0.1, 0.15) is 29.9 Å². The molecule has 3 atom stereocenters. The van der Waals surface area contributed by atoms with E-state index >= 15 is 4.39 Å². The van der Waals surface area contributed by atoms with Crippen molar-refractivity contribution in [1.82, 2.24) is 19.9 Å². The van der Waals surface area contributed by atoms with Gasteiger partial charge in [0.2, 0.25) is 0 Å². The van der Waals surface area contributed by atoms with E-state index in [-0.39, 0.29) is 64.2 Å². The summed E-state index contributed by atoms with van der Waals surface area (Å²) < 4.78 is 95.8. The lowest BCUT2D eigenvalue weighted by Gasteiger charge is -2.38. The van der Waals surface area contributed by atoms with Gasteiger partial charge in [-0.2, -0.15) is 23.1 Å². The normalized spacial score (nSPS) is 25.9. The number of hydrogen-bond acceptors (Lipinski definition) is 9. The first-order valence-corrected chi connectivity index (χ1v) is 15.5. The first-order chi connectivity index (χ1) is 21.2. The van der Waals surface area contributed by atoms with E-state index in [0.717, 1.165) is 36.0 Å². The van der Waals surface area contributed by atoms with E-state index in [4.69, 9.17) is 10.5 Å². The van der Waals surface area contributed by atoms with Gasteiger partial charge >= 0.3 is 12.2 Å². The van der Waals surface area contributed by atoms with Crippen LogP contribution < -0.4 is 15.4 Å². The van der Waals surface area contributed by atoms with Gasteiger partial charge in [0.05, 0.1) is 26.9 Å². The number of piperidine rings is 1. The number of aromatic nitrogens is 3. The quantitative estimate of drug-likeness (QED) is 0.250. The van der Waals surface area contributed by atoms with E-state index in [1.54, 1.807) is 11.8 Å². The van der Waals surface area contributed by atoms with Gasteiger partial charge in [-0.05, 0) is 57.4 Å². The van der Waals surface area contributed by atoms with E-state index in [1.165, 1.54) is 0 Å². The molecule has 15 heteroatoms. The molecular weight excluding hydrogens is 622 g/mol. The smallest absolute Gasteiger partial charge is 0.417 e. The Bertz CT molecular complexity index is 1820. The lowest BCUT2D eigenvalue weighted by atomic mass is 9.93. The van der Waals surface area contributed by atoms with Crippen molar-refractivity contribution in [3.05, 3.63) is 35.4 Å². The minimum absolute atomic E-state index is 0.0158. The minimum atomic E-state index is -5.04. The molecule has 0 amide bonds. The lowest BCUT2D eigenvalue weighted by Crippen LogP contribution is -2.46. The van der Waals surface area contributed by atoms with Crippen molar-refractivity contribution in [2.24, 2.45) is 0 Å². The van der Waals surface area contributed by atoms with Gasteiger partial charge in [-0.15, -0.1) is 0 Å². The van der Waals surface area contributed by atoms with Crippen LogP contribution in [0.1, 0.15) is 44.6 Å². The predicted molar refractivity (Wildman–Crippen MR) is 158 cm³/mol. The van der Waals surface area contributed by atoms with Gasteiger partial charge < -0.3 is 20.5 Å². The van der Waals surface area contributed by atoms with E-state index < -0.39 is 51.8 Å². The van der Waals surface area contributed by atoms with Crippen LogP contribution in [0.2, 0.25) is 0 Å². The van der Waals surface area contributed by atoms with E-state index in [0.29, 0.717) is 32.4 Å². The number of thiazole rings is 1. The summed E-state index contributed by atoms with van der Waals surface area (Å²) in [5.41, 5.74) is 0.883. The summed E-state index contributed by atoms with van der Waals surface area (Å²) in [4.78, 5) is 16.4. The lowest BCUT2D eigenvalue weighted by molar-refractivity contribution is -0.137. The Morgan fingerprint density at radius 2 is 1.89 bits per heavy atom. The SMILES string of the molecule is C[C@]1(O)CCCN(c2nc(OC[C@@]34CCCN3C[C@H](F)C4)nc3c(F)c(-c4ccc(F)c5sc(N)nc45)c(C(F)(F)F)cc23)C1. The third-order valence-electron chi connectivity index (χ3n) is 9.18. The molecular formula is C30H30F6N6O2S. The highest BCUT2D eigenvalue weighted by Crippen LogP contribution is 2.47. The largest absolute Gasteiger partial charge is 0.461 e. The molecule has 2 aromatic heterocycles. The molecule has 3 fully saturated rings. The average Bonchev–Trinajstić information content (AvgIpc) is 3.63. The number of ether oxygens (including phenoxy) is 1. The van der Waals surface area contributed by atoms with Crippen LogP contribution in [-0.4, -0.2) is 75.1 Å². The minimum Gasteiger partial charge on any atom is -0.461 e. The molecule has 5 heterocycles. The fourth-order valence-corrected chi connectivity index (χ4v) is 7.99. The number of aliphatic hydroxyl groups is 1. The molecule has 0 unspecified atom stereocenters. The first-order valence-electron chi connectivity index (χ1n) is 14.7. The van der Waals surface area contributed by atoms with Crippen molar-refractivity contribution in [2.45, 2.75) is 62.5 Å². The highest BCUT2D eigenvalue weighted by molar-refractivity contribution is 7.22.